The third-order valence-electron chi connectivity index (χ3n) is 7.09. The summed E-state index contributed by atoms with van der Waals surface area (Å²) in [5.41, 5.74) is 4.10. The van der Waals surface area contributed by atoms with Crippen molar-refractivity contribution in [3.63, 3.8) is 0 Å². The summed E-state index contributed by atoms with van der Waals surface area (Å²) in [6.45, 7) is 0. The van der Waals surface area contributed by atoms with Crippen molar-refractivity contribution in [2.24, 2.45) is 0 Å². The average molecular weight is 516 g/mol. The summed E-state index contributed by atoms with van der Waals surface area (Å²) in [6, 6.07) is 13.0. The Morgan fingerprint density at radius 2 is 1.74 bits per heavy atom. The number of rotatable bonds is 9. The lowest BCUT2D eigenvalue weighted by Gasteiger charge is -2.25. The highest BCUT2D eigenvalue weighted by atomic mass is 16.4. The van der Waals surface area contributed by atoms with Crippen LogP contribution in [0.1, 0.15) is 59.6 Å². The Bertz CT molecular complexity index is 1450. The molecule has 2 aromatic heterocycles. The predicted octanol–water partition coefficient (Wildman–Crippen LogP) is 4.85. The minimum Gasteiger partial charge on any atom is -0.481 e. The van der Waals surface area contributed by atoms with Gasteiger partial charge in [0, 0.05) is 18.0 Å². The molecule has 9 nitrogen and oxygen atoms in total. The lowest BCUT2D eigenvalue weighted by Crippen LogP contribution is -2.42. The Labute approximate surface area is 219 Å². The predicted molar refractivity (Wildman–Crippen MR) is 140 cm³/mol. The Morgan fingerprint density at radius 3 is 2.39 bits per heavy atom. The van der Waals surface area contributed by atoms with Crippen LogP contribution < -0.4 is 5.32 Å². The quantitative estimate of drug-likeness (QED) is 0.290. The van der Waals surface area contributed by atoms with E-state index in [1.54, 1.807) is 48.9 Å². The van der Waals surface area contributed by atoms with Crippen LogP contribution in [0, 0.1) is 0 Å². The molecular weight excluding hydrogens is 486 g/mol. The number of aromatic nitrogens is 2. The molecule has 1 aliphatic carbocycles. The molecule has 4 aromatic rings. The van der Waals surface area contributed by atoms with Gasteiger partial charge < -0.3 is 24.5 Å². The van der Waals surface area contributed by atoms with Gasteiger partial charge in [0.2, 0.25) is 0 Å². The fourth-order valence-electron chi connectivity index (χ4n) is 5.19. The maximum Gasteiger partial charge on any atom is 0.326 e. The molecule has 1 saturated carbocycles. The van der Waals surface area contributed by atoms with Crippen LogP contribution in [-0.4, -0.2) is 43.7 Å². The number of fused-ring (bicyclic) bond motifs is 1. The molecule has 0 aliphatic heterocycles. The average Bonchev–Trinajstić information content (AvgIpc) is 3.57. The van der Waals surface area contributed by atoms with Gasteiger partial charge in [0.05, 0.1) is 29.3 Å². The number of hydrogen-bond donors (Lipinski definition) is 3. The van der Waals surface area contributed by atoms with Gasteiger partial charge in [-0.1, -0.05) is 43.5 Å². The second kappa shape index (κ2) is 10.9. The van der Waals surface area contributed by atoms with Crippen LogP contribution in [0.15, 0.2) is 65.5 Å². The molecule has 0 radical (unpaired) electrons. The molecule has 3 N–H and O–H groups in total. The minimum absolute atomic E-state index is 0.0671. The molecule has 2 heterocycles. The Morgan fingerprint density at radius 1 is 1.00 bits per heavy atom. The van der Waals surface area contributed by atoms with Gasteiger partial charge in [-0.25, -0.2) is 9.78 Å². The third kappa shape index (κ3) is 5.46. The molecule has 2 aromatic carbocycles. The molecule has 1 fully saturated rings. The molecular formula is C29H29N3O6. The first kappa shape index (κ1) is 25.3. The van der Waals surface area contributed by atoms with E-state index in [1.165, 1.54) is 6.42 Å². The van der Waals surface area contributed by atoms with Gasteiger partial charge in [-0.15, -0.1) is 0 Å². The number of aliphatic carboxylic acids is 2. The SMILES string of the molecule is O=C(O)Cc1ccc(C[C@H](NC(=O)c2ccc3c(c2)nc(-c2ccoc2)n3C2CCCCC2)C(=O)O)cc1. The smallest absolute Gasteiger partial charge is 0.326 e. The number of nitrogens with one attached hydrogen (secondary N) is 1. The molecule has 1 aliphatic rings. The maximum atomic E-state index is 13.1. The van der Waals surface area contributed by atoms with Crippen molar-refractivity contribution in [1.82, 2.24) is 14.9 Å². The number of benzene rings is 2. The van der Waals surface area contributed by atoms with Crippen LogP contribution in [-0.2, 0) is 22.4 Å². The fraction of sp³-hybridized carbons (Fsp3) is 0.310. The van der Waals surface area contributed by atoms with Gasteiger partial charge in [-0.05, 0) is 48.2 Å². The van der Waals surface area contributed by atoms with E-state index in [4.69, 9.17) is 14.5 Å². The molecule has 196 valence electrons. The summed E-state index contributed by atoms with van der Waals surface area (Å²) in [5.74, 6) is -1.80. The molecule has 1 atom stereocenters. The van der Waals surface area contributed by atoms with E-state index in [-0.39, 0.29) is 12.8 Å². The molecule has 5 rings (SSSR count). The number of imidazole rings is 1. The number of hydrogen-bond acceptors (Lipinski definition) is 5. The Hall–Kier alpha value is -4.40. The molecule has 0 spiro atoms. The highest BCUT2D eigenvalue weighted by Gasteiger charge is 2.25. The van der Waals surface area contributed by atoms with Crippen LogP contribution in [0.2, 0.25) is 0 Å². The van der Waals surface area contributed by atoms with Gasteiger partial charge in [0.25, 0.3) is 5.91 Å². The number of carboxylic acid groups (broad SMARTS) is 2. The van der Waals surface area contributed by atoms with Crippen LogP contribution >= 0.6 is 0 Å². The van der Waals surface area contributed by atoms with Crippen molar-refractivity contribution in [3.8, 4) is 11.4 Å². The fourth-order valence-corrected chi connectivity index (χ4v) is 5.19. The number of carbonyl (C=O) groups excluding carboxylic acids is 1. The zero-order chi connectivity index (χ0) is 26.6. The van der Waals surface area contributed by atoms with E-state index in [0.29, 0.717) is 28.2 Å². The molecule has 1 amide bonds. The number of nitrogens with zero attached hydrogens (tertiary/aromatic N) is 2. The molecule has 0 unspecified atom stereocenters. The zero-order valence-corrected chi connectivity index (χ0v) is 20.8. The maximum absolute atomic E-state index is 13.1. The first-order valence-electron chi connectivity index (χ1n) is 12.8. The van der Waals surface area contributed by atoms with Gasteiger partial charge >= 0.3 is 11.9 Å². The van der Waals surface area contributed by atoms with Crippen molar-refractivity contribution in [3.05, 3.63) is 77.7 Å². The zero-order valence-electron chi connectivity index (χ0n) is 20.8. The van der Waals surface area contributed by atoms with Crippen molar-refractivity contribution >= 4 is 28.9 Å². The van der Waals surface area contributed by atoms with E-state index in [2.05, 4.69) is 9.88 Å². The molecule has 0 saturated heterocycles. The number of amides is 1. The van der Waals surface area contributed by atoms with Gasteiger partial charge in [0.1, 0.15) is 18.1 Å². The highest BCUT2D eigenvalue weighted by Crippen LogP contribution is 2.36. The Balaban J connectivity index is 1.38. The molecule has 0 bridgehead atoms. The van der Waals surface area contributed by atoms with E-state index in [1.807, 2.05) is 12.1 Å². The monoisotopic (exact) mass is 515 g/mol. The molecule has 38 heavy (non-hydrogen) atoms. The van der Waals surface area contributed by atoms with Gasteiger partial charge in [-0.2, -0.15) is 0 Å². The summed E-state index contributed by atoms with van der Waals surface area (Å²) >= 11 is 0. The molecule has 9 heteroatoms. The van der Waals surface area contributed by atoms with Gasteiger partial charge in [-0.3, -0.25) is 9.59 Å². The van der Waals surface area contributed by atoms with E-state index >= 15 is 0 Å². The van der Waals surface area contributed by atoms with E-state index in [9.17, 15) is 19.5 Å². The van der Waals surface area contributed by atoms with Crippen molar-refractivity contribution < 1.29 is 29.0 Å². The van der Waals surface area contributed by atoms with Crippen LogP contribution in [0.25, 0.3) is 22.4 Å². The third-order valence-corrected chi connectivity index (χ3v) is 7.09. The number of carboxylic acids is 2. The van der Waals surface area contributed by atoms with Crippen molar-refractivity contribution in [2.75, 3.05) is 0 Å². The Kier molecular flexibility index (Phi) is 7.26. The summed E-state index contributed by atoms with van der Waals surface area (Å²) < 4.78 is 7.55. The second-order valence-corrected chi connectivity index (χ2v) is 9.77. The topological polar surface area (TPSA) is 135 Å². The summed E-state index contributed by atoms with van der Waals surface area (Å²) in [7, 11) is 0. The second-order valence-electron chi connectivity index (χ2n) is 9.77. The summed E-state index contributed by atoms with van der Waals surface area (Å²) in [5, 5.41) is 21.3. The lowest BCUT2D eigenvalue weighted by molar-refractivity contribution is -0.139. The first-order chi connectivity index (χ1) is 18.4. The van der Waals surface area contributed by atoms with Crippen molar-refractivity contribution in [1.29, 1.82) is 0 Å². The number of furan rings is 1. The van der Waals surface area contributed by atoms with Gasteiger partial charge in [0.15, 0.2) is 0 Å². The lowest BCUT2D eigenvalue weighted by atomic mass is 9.95. The normalized spacial score (nSPS) is 14.8. The highest BCUT2D eigenvalue weighted by molar-refractivity contribution is 5.99. The van der Waals surface area contributed by atoms with Crippen LogP contribution in [0.3, 0.4) is 0 Å². The minimum atomic E-state index is -1.15. The number of carbonyl (C=O) groups is 3. The standard InChI is InChI=1S/C29H29N3O6/c33-26(34)15-19-8-6-18(7-9-19)14-24(29(36)37)31-28(35)20-10-11-25-23(16-20)30-27(21-12-13-38-17-21)32(25)22-4-2-1-3-5-22/h6-13,16-17,22,24H,1-5,14-15H2,(H,31,35)(H,33,34)(H,36,37)/t24-/m0/s1. The van der Waals surface area contributed by atoms with Crippen molar-refractivity contribution in [2.45, 2.75) is 57.0 Å². The largest absolute Gasteiger partial charge is 0.481 e. The van der Waals surface area contributed by atoms with Crippen LogP contribution in [0.5, 0.6) is 0 Å². The van der Waals surface area contributed by atoms with E-state index < -0.39 is 23.9 Å². The van der Waals surface area contributed by atoms with Crippen LogP contribution in [0.4, 0.5) is 0 Å². The summed E-state index contributed by atoms with van der Waals surface area (Å²) in [4.78, 5) is 40.8. The van der Waals surface area contributed by atoms with E-state index in [0.717, 1.165) is 42.6 Å². The summed E-state index contributed by atoms with van der Waals surface area (Å²) in [6.07, 6.45) is 8.92. The first-order valence-corrected chi connectivity index (χ1v) is 12.8.